The second kappa shape index (κ2) is 5.99. The standard InChI is InChI=1S/C14H20N6O3/c1-8-4-10(17-16-8)5-9-6-20(7-11(9)21)13(22)12-15-14(23-3)19(2)18-12/h4,9,11,21H,5-7H2,1-3H3,(H,16,17)/t9-,11+/m1/s1. The number of aliphatic hydroxyl groups is 1. The fraction of sp³-hybridized carbons (Fsp3) is 0.571. The van der Waals surface area contributed by atoms with E-state index in [4.69, 9.17) is 4.74 Å². The van der Waals surface area contributed by atoms with Gasteiger partial charge in [0.1, 0.15) is 0 Å². The highest BCUT2D eigenvalue weighted by Crippen LogP contribution is 2.22. The van der Waals surface area contributed by atoms with Crippen LogP contribution >= 0.6 is 0 Å². The minimum atomic E-state index is -0.582. The Morgan fingerprint density at radius 2 is 2.30 bits per heavy atom. The van der Waals surface area contributed by atoms with Crippen molar-refractivity contribution in [3.8, 4) is 6.01 Å². The van der Waals surface area contributed by atoms with Gasteiger partial charge in [0.25, 0.3) is 5.91 Å². The Bertz CT molecular complexity index is 709. The van der Waals surface area contributed by atoms with Gasteiger partial charge in [-0.25, -0.2) is 4.68 Å². The molecule has 1 aliphatic heterocycles. The number of carbonyl (C=O) groups excluding carboxylic acids is 1. The van der Waals surface area contributed by atoms with Crippen LogP contribution in [0.3, 0.4) is 0 Å². The van der Waals surface area contributed by atoms with Crippen LogP contribution in [0.2, 0.25) is 0 Å². The second-order valence-corrected chi connectivity index (χ2v) is 5.83. The number of ether oxygens (including phenoxy) is 1. The number of nitrogens with one attached hydrogen (secondary N) is 1. The number of nitrogens with zero attached hydrogens (tertiary/aromatic N) is 5. The summed E-state index contributed by atoms with van der Waals surface area (Å²) < 4.78 is 6.43. The highest BCUT2D eigenvalue weighted by molar-refractivity contribution is 5.90. The van der Waals surface area contributed by atoms with E-state index in [1.54, 1.807) is 11.9 Å². The third kappa shape index (κ3) is 3.04. The Kier molecular flexibility index (Phi) is 4.03. The third-order valence-electron chi connectivity index (χ3n) is 4.02. The predicted molar refractivity (Wildman–Crippen MR) is 80.0 cm³/mol. The first-order valence-corrected chi connectivity index (χ1v) is 7.41. The predicted octanol–water partition coefficient (Wildman–Crippen LogP) is -0.469. The van der Waals surface area contributed by atoms with Gasteiger partial charge < -0.3 is 14.7 Å². The molecule has 9 nitrogen and oxygen atoms in total. The minimum Gasteiger partial charge on any atom is -0.467 e. The first kappa shape index (κ1) is 15.5. The summed E-state index contributed by atoms with van der Waals surface area (Å²) in [6.45, 7) is 2.65. The number of aliphatic hydroxyl groups excluding tert-OH is 1. The Labute approximate surface area is 133 Å². The molecule has 1 fully saturated rings. The molecular formula is C14H20N6O3. The van der Waals surface area contributed by atoms with E-state index in [0.29, 0.717) is 13.0 Å². The zero-order valence-corrected chi connectivity index (χ0v) is 13.4. The molecular weight excluding hydrogens is 300 g/mol. The van der Waals surface area contributed by atoms with Crippen LogP contribution in [-0.2, 0) is 13.5 Å². The molecule has 0 saturated carbocycles. The molecule has 0 aliphatic carbocycles. The number of hydrogen-bond donors (Lipinski definition) is 2. The molecule has 1 amide bonds. The highest BCUT2D eigenvalue weighted by atomic mass is 16.5. The summed E-state index contributed by atoms with van der Waals surface area (Å²) in [5.74, 6) is -0.274. The molecule has 3 rings (SSSR count). The molecule has 23 heavy (non-hydrogen) atoms. The number of H-pyrrole nitrogens is 1. The van der Waals surface area contributed by atoms with Gasteiger partial charge in [0.05, 0.1) is 18.9 Å². The van der Waals surface area contributed by atoms with E-state index in [0.717, 1.165) is 11.4 Å². The number of methoxy groups -OCH3 is 1. The van der Waals surface area contributed by atoms with Crippen LogP contribution in [0.4, 0.5) is 0 Å². The van der Waals surface area contributed by atoms with Crippen molar-refractivity contribution < 1.29 is 14.6 Å². The maximum absolute atomic E-state index is 12.5. The zero-order chi connectivity index (χ0) is 16.6. The van der Waals surface area contributed by atoms with E-state index in [2.05, 4.69) is 20.3 Å². The van der Waals surface area contributed by atoms with Crippen molar-refractivity contribution in [2.24, 2.45) is 13.0 Å². The molecule has 0 spiro atoms. The summed E-state index contributed by atoms with van der Waals surface area (Å²) in [5, 5.41) is 21.3. The Balaban J connectivity index is 1.68. The lowest BCUT2D eigenvalue weighted by Crippen LogP contribution is -2.30. The Morgan fingerprint density at radius 1 is 1.52 bits per heavy atom. The number of likely N-dealkylation sites (tertiary alicyclic amines) is 1. The number of hydrogen-bond acceptors (Lipinski definition) is 6. The lowest BCUT2D eigenvalue weighted by atomic mass is 10.0. The summed E-state index contributed by atoms with van der Waals surface area (Å²) in [7, 11) is 3.13. The molecule has 0 bridgehead atoms. The maximum atomic E-state index is 12.5. The van der Waals surface area contributed by atoms with Gasteiger partial charge in [0, 0.05) is 31.7 Å². The van der Waals surface area contributed by atoms with Crippen molar-refractivity contribution >= 4 is 5.91 Å². The zero-order valence-electron chi connectivity index (χ0n) is 13.4. The smallest absolute Gasteiger partial charge is 0.314 e. The number of rotatable bonds is 4. The largest absolute Gasteiger partial charge is 0.467 e. The molecule has 0 radical (unpaired) electrons. The van der Waals surface area contributed by atoms with E-state index >= 15 is 0 Å². The van der Waals surface area contributed by atoms with Crippen molar-refractivity contribution in [1.82, 2.24) is 29.9 Å². The van der Waals surface area contributed by atoms with Crippen LogP contribution < -0.4 is 4.74 Å². The molecule has 2 aromatic heterocycles. The van der Waals surface area contributed by atoms with Crippen LogP contribution in [0.1, 0.15) is 22.0 Å². The van der Waals surface area contributed by atoms with Crippen LogP contribution in [0.25, 0.3) is 0 Å². The van der Waals surface area contributed by atoms with Gasteiger partial charge in [-0.3, -0.25) is 9.89 Å². The molecule has 2 atom stereocenters. The van der Waals surface area contributed by atoms with Crippen LogP contribution in [0, 0.1) is 12.8 Å². The molecule has 9 heteroatoms. The molecule has 2 N–H and O–H groups in total. The first-order chi connectivity index (χ1) is 11.0. The Morgan fingerprint density at radius 3 is 2.91 bits per heavy atom. The van der Waals surface area contributed by atoms with Gasteiger partial charge in [-0.05, 0) is 19.4 Å². The summed E-state index contributed by atoms with van der Waals surface area (Å²) in [6, 6.07) is 2.22. The van der Waals surface area contributed by atoms with E-state index in [-0.39, 0.29) is 30.2 Å². The van der Waals surface area contributed by atoms with Crippen LogP contribution in [0.15, 0.2) is 6.07 Å². The summed E-state index contributed by atoms with van der Waals surface area (Å²) >= 11 is 0. The van der Waals surface area contributed by atoms with Gasteiger partial charge in [0.15, 0.2) is 0 Å². The number of carbonyl (C=O) groups is 1. The molecule has 1 aliphatic rings. The minimum absolute atomic E-state index is 0.0488. The van der Waals surface area contributed by atoms with Crippen molar-refractivity contribution in [1.29, 1.82) is 0 Å². The summed E-state index contributed by atoms with van der Waals surface area (Å²) in [4.78, 5) is 18.1. The lowest BCUT2D eigenvalue weighted by Gasteiger charge is -2.13. The van der Waals surface area contributed by atoms with Gasteiger partial charge >= 0.3 is 6.01 Å². The van der Waals surface area contributed by atoms with Crippen molar-refractivity contribution in [2.75, 3.05) is 20.2 Å². The summed E-state index contributed by atoms with van der Waals surface area (Å²) in [5.41, 5.74) is 1.86. The van der Waals surface area contributed by atoms with Crippen molar-refractivity contribution in [3.63, 3.8) is 0 Å². The van der Waals surface area contributed by atoms with E-state index in [9.17, 15) is 9.90 Å². The topological polar surface area (TPSA) is 109 Å². The average molecular weight is 320 g/mol. The molecule has 124 valence electrons. The van der Waals surface area contributed by atoms with Crippen molar-refractivity contribution in [3.05, 3.63) is 23.3 Å². The normalized spacial score (nSPS) is 21.0. The van der Waals surface area contributed by atoms with Crippen LogP contribution in [0.5, 0.6) is 6.01 Å². The fourth-order valence-corrected chi connectivity index (χ4v) is 2.85. The number of amides is 1. The quantitative estimate of drug-likeness (QED) is 0.788. The molecule has 0 unspecified atom stereocenters. The molecule has 3 heterocycles. The number of aryl methyl sites for hydroxylation is 2. The SMILES string of the molecule is COc1nc(C(=O)N2C[C@@H](Cc3cc(C)[nH]n3)[C@@H](O)C2)nn1C. The van der Waals surface area contributed by atoms with Gasteiger partial charge in [0.2, 0.25) is 5.82 Å². The van der Waals surface area contributed by atoms with Gasteiger partial charge in [-0.2, -0.15) is 10.1 Å². The highest BCUT2D eigenvalue weighted by Gasteiger charge is 2.36. The lowest BCUT2D eigenvalue weighted by molar-refractivity contribution is 0.0752. The van der Waals surface area contributed by atoms with Crippen LogP contribution in [-0.4, -0.2) is 67.2 Å². The first-order valence-electron chi connectivity index (χ1n) is 7.41. The molecule has 2 aromatic rings. The fourth-order valence-electron chi connectivity index (χ4n) is 2.85. The second-order valence-electron chi connectivity index (χ2n) is 5.83. The molecule has 0 aromatic carbocycles. The monoisotopic (exact) mass is 320 g/mol. The summed E-state index contributed by atoms with van der Waals surface area (Å²) in [6.07, 6.45) is 0.0374. The number of β-amino-alcohol motifs (C(OH)–C–C–N with tert-alkyl or cyclic N) is 1. The van der Waals surface area contributed by atoms with E-state index in [1.807, 2.05) is 13.0 Å². The van der Waals surface area contributed by atoms with Crippen molar-refractivity contribution in [2.45, 2.75) is 19.4 Å². The van der Waals surface area contributed by atoms with E-state index in [1.165, 1.54) is 11.8 Å². The third-order valence-corrected chi connectivity index (χ3v) is 4.02. The number of aromatic amines is 1. The van der Waals surface area contributed by atoms with Gasteiger partial charge in [-0.1, -0.05) is 0 Å². The maximum Gasteiger partial charge on any atom is 0.314 e. The van der Waals surface area contributed by atoms with E-state index < -0.39 is 6.10 Å². The molecule has 1 saturated heterocycles. The van der Waals surface area contributed by atoms with Gasteiger partial charge in [-0.15, -0.1) is 5.10 Å². The Hall–Kier alpha value is -2.42. The average Bonchev–Trinajstić information content (AvgIpc) is 3.19. The number of aromatic nitrogens is 5.